The van der Waals surface area contributed by atoms with Gasteiger partial charge in [-0.15, -0.1) is 0 Å². The van der Waals surface area contributed by atoms with Gasteiger partial charge in [-0.3, -0.25) is 0 Å². The van der Waals surface area contributed by atoms with Crippen molar-refractivity contribution in [3.05, 3.63) is 59.2 Å². The lowest BCUT2D eigenvalue weighted by atomic mass is 10.0. The van der Waals surface area contributed by atoms with Gasteiger partial charge in [0.2, 0.25) is 0 Å². The molecule has 0 heterocycles. The summed E-state index contributed by atoms with van der Waals surface area (Å²) in [5, 5.41) is 0. The molecular formula is C17H16Br2. The molecule has 0 radical (unpaired) electrons. The average Bonchev–Trinajstić information content (AvgIpc) is 2.76. The SMILES string of the molecule is CCCC(Br)(Br)c1ccc2c(c1)Cc1ccccc1-2. The normalized spacial score (nSPS) is 13.2. The van der Waals surface area contributed by atoms with Crippen LogP contribution < -0.4 is 0 Å². The smallest absolute Gasteiger partial charge is 0.0674 e. The second-order valence-corrected chi connectivity index (χ2v) is 8.93. The molecule has 0 aromatic heterocycles. The molecule has 1 aliphatic rings. The van der Waals surface area contributed by atoms with Gasteiger partial charge in [-0.1, -0.05) is 87.7 Å². The lowest BCUT2D eigenvalue weighted by Crippen LogP contribution is -2.08. The van der Waals surface area contributed by atoms with E-state index in [9.17, 15) is 0 Å². The highest BCUT2D eigenvalue weighted by Crippen LogP contribution is 2.45. The van der Waals surface area contributed by atoms with Crippen LogP contribution in [0.1, 0.15) is 36.5 Å². The Bertz CT molecular complexity index is 614. The number of benzene rings is 2. The van der Waals surface area contributed by atoms with Gasteiger partial charge in [0.1, 0.15) is 3.23 Å². The molecule has 0 spiro atoms. The number of halogens is 2. The van der Waals surface area contributed by atoms with E-state index in [0.29, 0.717) is 0 Å². The Kier molecular flexibility index (Phi) is 3.57. The van der Waals surface area contributed by atoms with Crippen LogP contribution in [0.4, 0.5) is 0 Å². The van der Waals surface area contributed by atoms with Crippen molar-refractivity contribution in [2.45, 2.75) is 29.4 Å². The quantitative estimate of drug-likeness (QED) is 0.489. The summed E-state index contributed by atoms with van der Waals surface area (Å²) in [5.74, 6) is 0. The Morgan fingerprint density at radius 1 is 1.00 bits per heavy atom. The number of fused-ring (bicyclic) bond motifs is 3. The first-order valence-corrected chi connectivity index (χ1v) is 8.30. The molecule has 0 bridgehead atoms. The van der Waals surface area contributed by atoms with Crippen molar-refractivity contribution in [2.75, 3.05) is 0 Å². The second-order valence-electron chi connectivity index (χ2n) is 5.16. The summed E-state index contributed by atoms with van der Waals surface area (Å²) in [6.07, 6.45) is 3.29. The fourth-order valence-corrected chi connectivity index (χ4v) is 4.12. The number of alkyl halides is 2. The molecule has 2 aromatic rings. The maximum Gasteiger partial charge on any atom is 0.105 e. The van der Waals surface area contributed by atoms with Crippen molar-refractivity contribution in [1.29, 1.82) is 0 Å². The van der Waals surface area contributed by atoms with Crippen molar-refractivity contribution in [1.82, 2.24) is 0 Å². The first-order chi connectivity index (χ1) is 9.12. The molecule has 0 nitrogen and oxygen atoms in total. The van der Waals surface area contributed by atoms with Gasteiger partial charge in [0.15, 0.2) is 0 Å². The fraction of sp³-hybridized carbons (Fsp3) is 0.294. The van der Waals surface area contributed by atoms with Gasteiger partial charge in [-0.05, 0) is 40.7 Å². The Morgan fingerprint density at radius 3 is 2.53 bits per heavy atom. The van der Waals surface area contributed by atoms with E-state index in [1.165, 1.54) is 27.8 Å². The van der Waals surface area contributed by atoms with Crippen LogP contribution in [-0.4, -0.2) is 0 Å². The molecule has 0 saturated carbocycles. The molecule has 2 aromatic carbocycles. The van der Waals surface area contributed by atoms with E-state index in [-0.39, 0.29) is 3.23 Å². The van der Waals surface area contributed by atoms with E-state index in [1.54, 1.807) is 0 Å². The molecule has 1 aliphatic carbocycles. The van der Waals surface area contributed by atoms with Crippen molar-refractivity contribution in [2.24, 2.45) is 0 Å². The molecule has 3 rings (SSSR count). The van der Waals surface area contributed by atoms with Gasteiger partial charge in [-0.25, -0.2) is 0 Å². The van der Waals surface area contributed by atoms with E-state index in [4.69, 9.17) is 0 Å². The minimum atomic E-state index is -0.0848. The molecule has 0 N–H and O–H groups in total. The topological polar surface area (TPSA) is 0 Å². The molecule has 19 heavy (non-hydrogen) atoms. The summed E-state index contributed by atoms with van der Waals surface area (Å²) in [7, 11) is 0. The molecule has 0 aliphatic heterocycles. The van der Waals surface area contributed by atoms with Crippen LogP contribution in [0.5, 0.6) is 0 Å². The highest BCUT2D eigenvalue weighted by Gasteiger charge is 2.26. The van der Waals surface area contributed by atoms with Gasteiger partial charge in [0, 0.05) is 0 Å². The molecule has 0 fully saturated rings. The summed E-state index contributed by atoms with van der Waals surface area (Å²) >= 11 is 7.62. The maximum atomic E-state index is 3.81. The first-order valence-electron chi connectivity index (χ1n) is 6.71. The zero-order chi connectivity index (χ0) is 13.5. The van der Waals surface area contributed by atoms with Crippen LogP contribution in [0.3, 0.4) is 0 Å². The van der Waals surface area contributed by atoms with E-state index in [0.717, 1.165) is 19.3 Å². The van der Waals surface area contributed by atoms with Crippen LogP contribution in [0.2, 0.25) is 0 Å². The monoisotopic (exact) mass is 378 g/mol. The summed E-state index contributed by atoms with van der Waals surface area (Å²) in [5.41, 5.74) is 7.00. The van der Waals surface area contributed by atoms with Gasteiger partial charge >= 0.3 is 0 Å². The van der Waals surface area contributed by atoms with Crippen LogP contribution in [0.25, 0.3) is 11.1 Å². The number of rotatable bonds is 3. The van der Waals surface area contributed by atoms with Crippen molar-refractivity contribution >= 4 is 31.9 Å². The van der Waals surface area contributed by atoms with Crippen molar-refractivity contribution in [3.8, 4) is 11.1 Å². The Hall–Kier alpha value is -0.600. The third-order valence-electron chi connectivity index (χ3n) is 3.78. The fourth-order valence-electron chi connectivity index (χ4n) is 2.83. The highest BCUT2D eigenvalue weighted by molar-refractivity contribution is 9.24. The lowest BCUT2D eigenvalue weighted by molar-refractivity contribution is 0.755. The average molecular weight is 380 g/mol. The Morgan fingerprint density at radius 2 is 1.74 bits per heavy atom. The van der Waals surface area contributed by atoms with E-state index in [1.807, 2.05) is 0 Å². The largest absolute Gasteiger partial charge is 0.105 e. The standard InChI is InChI=1S/C17H16Br2/c1-2-9-17(18,19)14-7-8-16-13(11-14)10-12-5-3-4-6-15(12)16/h3-8,11H,2,9-10H2,1H3. The van der Waals surface area contributed by atoms with Gasteiger partial charge in [0.05, 0.1) is 0 Å². The van der Waals surface area contributed by atoms with Crippen molar-refractivity contribution < 1.29 is 0 Å². The molecule has 0 unspecified atom stereocenters. The third-order valence-corrected chi connectivity index (χ3v) is 5.49. The van der Waals surface area contributed by atoms with Crippen LogP contribution in [-0.2, 0) is 9.65 Å². The van der Waals surface area contributed by atoms with Crippen LogP contribution in [0.15, 0.2) is 42.5 Å². The summed E-state index contributed by atoms with van der Waals surface area (Å²) in [6.45, 7) is 2.21. The van der Waals surface area contributed by atoms with E-state index < -0.39 is 0 Å². The molecule has 0 saturated heterocycles. The predicted molar refractivity (Wildman–Crippen MR) is 89.1 cm³/mol. The zero-order valence-electron chi connectivity index (χ0n) is 10.9. The predicted octanol–water partition coefficient (Wildman–Crippen LogP) is 6.00. The summed E-state index contributed by atoms with van der Waals surface area (Å²) < 4.78 is -0.0848. The first kappa shape index (κ1) is 13.4. The summed E-state index contributed by atoms with van der Waals surface area (Å²) in [6, 6.07) is 15.6. The molecular weight excluding hydrogens is 364 g/mol. The minimum absolute atomic E-state index is 0.0848. The molecule has 2 heteroatoms. The van der Waals surface area contributed by atoms with Gasteiger partial charge < -0.3 is 0 Å². The Balaban J connectivity index is 2.02. The number of hydrogen-bond donors (Lipinski definition) is 0. The van der Waals surface area contributed by atoms with Gasteiger partial charge in [-0.2, -0.15) is 0 Å². The van der Waals surface area contributed by atoms with Crippen LogP contribution in [0, 0.1) is 0 Å². The lowest BCUT2D eigenvalue weighted by Gasteiger charge is -2.21. The van der Waals surface area contributed by atoms with Gasteiger partial charge in [0.25, 0.3) is 0 Å². The second kappa shape index (κ2) is 5.06. The molecule has 0 atom stereocenters. The summed E-state index contributed by atoms with van der Waals surface area (Å²) in [4.78, 5) is 0. The maximum absolute atomic E-state index is 3.81. The Labute approximate surface area is 131 Å². The zero-order valence-corrected chi connectivity index (χ0v) is 14.1. The van der Waals surface area contributed by atoms with E-state index >= 15 is 0 Å². The minimum Gasteiger partial charge on any atom is -0.0674 e. The van der Waals surface area contributed by atoms with E-state index in [2.05, 4.69) is 81.2 Å². The highest BCUT2D eigenvalue weighted by atomic mass is 79.9. The van der Waals surface area contributed by atoms with Crippen LogP contribution >= 0.6 is 31.9 Å². The number of hydrogen-bond acceptors (Lipinski definition) is 0. The van der Waals surface area contributed by atoms with Crippen molar-refractivity contribution in [3.63, 3.8) is 0 Å². The molecule has 0 amide bonds. The third kappa shape index (κ3) is 2.41. The molecule has 98 valence electrons.